The van der Waals surface area contributed by atoms with Crippen molar-refractivity contribution in [2.45, 2.75) is 12.3 Å². The van der Waals surface area contributed by atoms with E-state index in [0.29, 0.717) is 17.9 Å². The van der Waals surface area contributed by atoms with Gasteiger partial charge in [-0.15, -0.1) is 0 Å². The number of hydrogen-bond acceptors (Lipinski definition) is 4. The fourth-order valence-corrected chi connectivity index (χ4v) is 1.92. The molecule has 4 nitrogen and oxygen atoms in total. The first-order valence-corrected chi connectivity index (χ1v) is 5.62. The van der Waals surface area contributed by atoms with E-state index >= 15 is 0 Å². The minimum absolute atomic E-state index is 0.280. The monoisotopic (exact) mass is 271 g/mol. The maximum Gasteiger partial charge on any atom is 0.453 e. The fourth-order valence-electron chi connectivity index (χ4n) is 1.92. The summed E-state index contributed by atoms with van der Waals surface area (Å²) in [5, 5.41) is 2.53. The number of rotatable bonds is 3. The molecular formula is C12H12F3N3O. The molecule has 1 aromatic heterocycles. The van der Waals surface area contributed by atoms with Crippen LogP contribution in [0.5, 0.6) is 0 Å². The molecule has 19 heavy (non-hydrogen) atoms. The molecule has 1 atom stereocenters. The van der Waals surface area contributed by atoms with Crippen LogP contribution in [0, 0.1) is 0 Å². The van der Waals surface area contributed by atoms with Gasteiger partial charge in [0.25, 0.3) is 5.78 Å². The van der Waals surface area contributed by atoms with Gasteiger partial charge in [-0.25, -0.2) is 0 Å². The normalized spacial score (nSPS) is 19.5. The highest BCUT2D eigenvalue weighted by molar-refractivity contribution is 5.90. The van der Waals surface area contributed by atoms with Crippen LogP contribution >= 0.6 is 0 Å². The fraction of sp³-hybridized carbons (Fsp3) is 0.333. The average molecular weight is 271 g/mol. The molecule has 7 heteroatoms. The summed E-state index contributed by atoms with van der Waals surface area (Å²) in [6, 6.07) is 5.03. The predicted octanol–water partition coefficient (Wildman–Crippen LogP) is 1.41. The molecule has 2 heterocycles. The number of carbonyl (C=O) groups excluding carboxylic acids is 1. The van der Waals surface area contributed by atoms with Gasteiger partial charge in [0.05, 0.1) is 11.4 Å². The van der Waals surface area contributed by atoms with Crippen LogP contribution in [-0.2, 0) is 4.79 Å². The summed E-state index contributed by atoms with van der Waals surface area (Å²) in [6.45, 7) is 4.30. The van der Waals surface area contributed by atoms with Gasteiger partial charge < -0.3 is 4.90 Å². The molecule has 0 aliphatic carbocycles. The van der Waals surface area contributed by atoms with E-state index in [1.165, 1.54) is 11.1 Å². The molecule has 1 N–H and O–H groups in total. The zero-order chi connectivity index (χ0) is 14.0. The zero-order valence-corrected chi connectivity index (χ0v) is 9.94. The van der Waals surface area contributed by atoms with Gasteiger partial charge in [-0.2, -0.15) is 13.2 Å². The molecule has 0 saturated carbocycles. The van der Waals surface area contributed by atoms with Crippen molar-refractivity contribution in [2.75, 3.05) is 13.1 Å². The Morgan fingerprint density at radius 2 is 2.21 bits per heavy atom. The van der Waals surface area contributed by atoms with Gasteiger partial charge >= 0.3 is 6.18 Å². The molecule has 102 valence electrons. The molecule has 1 fully saturated rings. The van der Waals surface area contributed by atoms with Crippen LogP contribution in [0.3, 0.4) is 0 Å². The van der Waals surface area contributed by atoms with Gasteiger partial charge in [0.2, 0.25) is 0 Å². The largest absolute Gasteiger partial charge is 0.453 e. The third-order valence-electron chi connectivity index (χ3n) is 2.84. The average Bonchev–Trinajstić information content (AvgIpc) is 2.85. The quantitative estimate of drug-likeness (QED) is 0.903. The van der Waals surface area contributed by atoms with E-state index in [2.05, 4.69) is 16.9 Å². The molecule has 1 saturated heterocycles. The summed E-state index contributed by atoms with van der Waals surface area (Å²) in [4.78, 5) is 16.6. The van der Waals surface area contributed by atoms with Crippen molar-refractivity contribution in [2.24, 2.45) is 0 Å². The highest BCUT2D eigenvalue weighted by Crippen LogP contribution is 2.25. The van der Waals surface area contributed by atoms with Crippen molar-refractivity contribution in [3.63, 3.8) is 0 Å². The van der Waals surface area contributed by atoms with Crippen molar-refractivity contribution >= 4 is 11.5 Å². The Morgan fingerprint density at radius 1 is 1.47 bits per heavy atom. The van der Waals surface area contributed by atoms with Crippen LogP contribution in [0.4, 0.5) is 13.2 Å². The lowest BCUT2D eigenvalue weighted by Crippen LogP contribution is -2.48. The van der Waals surface area contributed by atoms with Gasteiger partial charge in [-0.3, -0.25) is 15.1 Å². The minimum Gasteiger partial charge on any atom is -0.347 e. The highest BCUT2D eigenvalue weighted by Gasteiger charge is 2.47. The van der Waals surface area contributed by atoms with Gasteiger partial charge in [0.1, 0.15) is 6.17 Å². The number of nitrogens with zero attached hydrogens (tertiary/aromatic N) is 2. The molecule has 0 spiro atoms. The zero-order valence-electron chi connectivity index (χ0n) is 9.94. The molecule has 1 aliphatic heterocycles. The third-order valence-corrected chi connectivity index (χ3v) is 2.84. The Bertz CT molecular complexity index is 487. The third kappa shape index (κ3) is 2.76. The maximum atomic E-state index is 12.5. The Balaban J connectivity index is 2.20. The first-order valence-electron chi connectivity index (χ1n) is 5.62. The number of halogens is 3. The molecule has 1 aromatic rings. The Kier molecular flexibility index (Phi) is 3.57. The van der Waals surface area contributed by atoms with Gasteiger partial charge in [-0.05, 0) is 12.1 Å². The predicted molar refractivity (Wildman–Crippen MR) is 62.8 cm³/mol. The topological polar surface area (TPSA) is 45.2 Å². The molecule has 1 unspecified atom stereocenters. The molecule has 0 radical (unpaired) electrons. The van der Waals surface area contributed by atoms with Crippen LogP contribution < -0.4 is 5.32 Å². The summed E-state index contributed by atoms with van der Waals surface area (Å²) >= 11 is 0. The van der Waals surface area contributed by atoms with Crippen molar-refractivity contribution in [1.29, 1.82) is 0 Å². The Labute approximate surface area is 107 Å². The lowest BCUT2D eigenvalue weighted by atomic mass is 10.2. The number of Topliss-reactive ketones (excluding diaryl/α,β-unsaturated/α-hetero) is 1. The van der Waals surface area contributed by atoms with Crippen molar-refractivity contribution in [3.05, 3.63) is 36.7 Å². The smallest absolute Gasteiger partial charge is 0.347 e. The molecule has 0 amide bonds. The maximum absolute atomic E-state index is 12.5. The number of pyridine rings is 1. The van der Waals surface area contributed by atoms with Crippen molar-refractivity contribution in [3.8, 4) is 0 Å². The van der Waals surface area contributed by atoms with E-state index < -0.39 is 18.1 Å². The van der Waals surface area contributed by atoms with E-state index in [1.807, 2.05) is 0 Å². The van der Waals surface area contributed by atoms with Gasteiger partial charge in [0, 0.05) is 19.3 Å². The van der Waals surface area contributed by atoms with Gasteiger partial charge in [-0.1, -0.05) is 12.6 Å². The Hall–Kier alpha value is -1.89. The Morgan fingerprint density at radius 3 is 2.79 bits per heavy atom. The first kappa shape index (κ1) is 13.5. The molecule has 0 aromatic carbocycles. The van der Waals surface area contributed by atoms with E-state index in [-0.39, 0.29) is 6.54 Å². The summed E-state index contributed by atoms with van der Waals surface area (Å²) in [7, 11) is 0. The number of alkyl halides is 3. The second-order valence-electron chi connectivity index (χ2n) is 4.07. The summed E-state index contributed by atoms with van der Waals surface area (Å²) in [6.07, 6.45) is -4.77. The number of ketones is 1. The second-order valence-corrected chi connectivity index (χ2v) is 4.07. The molecular weight excluding hydrogens is 259 g/mol. The molecule has 1 aliphatic rings. The van der Waals surface area contributed by atoms with Crippen molar-refractivity contribution in [1.82, 2.24) is 15.2 Å². The minimum atomic E-state index is -4.87. The van der Waals surface area contributed by atoms with E-state index in [9.17, 15) is 18.0 Å². The standard InChI is InChI=1S/C12H12F3N3O/c1-8(9-4-2-3-5-16-9)18-7-6-17-11(18)10(19)12(13,14)15/h2-5,11,17H,1,6-7H2. The number of hydrogen-bond donors (Lipinski definition) is 1. The summed E-state index contributed by atoms with van der Waals surface area (Å²) in [5.41, 5.74) is 0.749. The summed E-state index contributed by atoms with van der Waals surface area (Å²) < 4.78 is 37.4. The van der Waals surface area contributed by atoms with Gasteiger partial charge in [0.15, 0.2) is 0 Å². The van der Waals surface area contributed by atoms with Crippen LogP contribution in [0.1, 0.15) is 5.69 Å². The highest BCUT2D eigenvalue weighted by atomic mass is 19.4. The number of aromatic nitrogens is 1. The van der Waals surface area contributed by atoms with E-state index in [0.717, 1.165) is 0 Å². The summed E-state index contributed by atoms with van der Waals surface area (Å²) in [5.74, 6) is -1.82. The number of nitrogens with one attached hydrogen (secondary N) is 1. The van der Waals surface area contributed by atoms with Crippen LogP contribution in [0.15, 0.2) is 31.0 Å². The number of carbonyl (C=O) groups is 1. The van der Waals surface area contributed by atoms with Crippen molar-refractivity contribution < 1.29 is 18.0 Å². The van der Waals surface area contributed by atoms with Crippen LogP contribution in [0.25, 0.3) is 5.70 Å². The van der Waals surface area contributed by atoms with E-state index in [1.54, 1.807) is 18.2 Å². The second kappa shape index (κ2) is 5.00. The molecule has 2 rings (SSSR count). The first-order chi connectivity index (χ1) is 8.91. The molecule has 0 bridgehead atoms. The lowest BCUT2D eigenvalue weighted by molar-refractivity contribution is -0.175. The van der Waals surface area contributed by atoms with Crippen LogP contribution in [-0.4, -0.2) is 41.1 Å². The SMILES string of the molecule is C=C(c1ccccn1)N1CCNC1C(=O)C(F)(F)F. The van der Waals surface area contributed by atoms with E-state index in [4.69, 9.17) is 0 Å². The van der Waals surface area contributed by atoms with Crippen LogP contribution in [0.2, 0.25) is 0 Å². The lowest BCUT2D eigenvalue weighted by Gasteiger charge is -2.27.